The average Bonchev–Trinajstić information content (AvgIpc) is 2.43. The topological polar surface area (TPSA) is 42.2 Å². The number of para-hydroxylation sites is 1. The van der Waals surface area contributed by atoms with Gasteiger partial charge in [-0.15, -0.1) is 0 Å². The zero-order chi connectivity index (χ0) is 13.7. The first kappa shape index (κ1) is 12.9. The van der Waals surface area contributed by atoms with Crippen LogP contribution in [0, 0.1) is 17.1 Å². The minimum atomic E-state index is -0.394. The van der Waals surface area contributed by atoms with E-state index in [-0.39, 0.29) is 6.42 Å². The van der Waals surface area contributed by atoms with Crippen LogP contribution in [0.4, 0.5) is 4.39 Å². The fourth-order valence-corrected chi connectivity index (χ4v) is 1.68. The number of rotatable bonds is 4. The molecule has 96 valence electrons. The maximum absolute atomic E-state index is 13.1. The largest absolute Gasteiger partial charge is 0.493 e. The van der Waals surface area contributed by atoms with Crippen molar-refractivity contribution in [2.45, 2.75) is 6.42 Å². The zero-order valence-corrected chi connectivity index (χ0v) is 10.4. The Morgan fingerprint density at radius 1 is 1.11 bits per heavy atom. The fourth-order valence-electron chi connectivity index (χ4n) is 1.68. The molecule has 0 radical (unpaired) electrons. The molecular formula is C15H12FNO2. The van der Waals surface area contributed by atoms with E-state index in [1.165, 1.54) is 25.3 Å². The van der Waals surface area contributed by atoms with Crippen LogP contribution >= 0.6 is 0 Å². The third-order valence-corrected chi connectivity index (χ3v) is 2.59. The number of hydrogen-bond donors (Lipinski definition) is 0. The number of methoxy groups -OCH3 is 1. The maximum atomic E-state index is 13.1. The first-order valence-electron chi connectivity index (χ1n) is 5.71. The first-order valence-corrected chi connectivity index (χ1v) is 5.71. The van der Waals surface area contributed by atoms with E-state index in [0.29, 0.717) is 17.2 Å². The highest BCUT2D eigenvalue weighted by Gasteiger charge is 2.09. The average molecular weight is 257 g/mol. The quantitative estimate of drug-likeness (QED) is 0.838. The van der Waals surface area contributed by atoms with Crippen LogP contribution in [0.15, 0.2) is 42.5 Å². The molecule has 0 aliphatic heterocycles. The normalized spacial score (nSPS) is 9.74. The van der Waals surface area contributed by atoms with Gasteiger partial charge in [-0.1, -0.05) is 18.2 Å². The third-order valence-electron chi connectivity index (χ3n) is 2.59. The molecule has 0 fully saturated rings. The predicted molar refractivity (Wildman–Crippen MR) is 68.8 cm³/mol. The van der Waals surface area contributed by atoms with Crippen LogP contribution < -0.4 is 9.47 Å². The molecule has 0 amide bonds. The monoisotopic (exact) mass is 257 g/mol. The molecule has 0 N–H and O–H groups in total. The van der Waals surface area contributed by atoms with Gasteiger partial charge in [-0.25, -0.2) is 4.39 Å². The SMILES string of the molecule is COc1cc(F)ccc1Oc1ccccc1CC#N. The lowest BCUT2D eigenvalue weighted by Crippen LogP contribution is -1.94. The summed E-state index contributed by atoms with van der Waals surface area (Å²) in [7, 11) is 1.45. The Kier molecular flexibility index (Phi) is 3.99. The third kappa shape index (κ3) is 3.02. The number of nitriles is 1. The van der Waals surface area contributed by atoms with Gasteiger partial charge < -0.3 is 9.47 Å². The van der Waals surface area contributed by atoms with E-state index in [1.54, 1.807) is 6.07 Å². The van der Waals surface area contributed by atoms with Crippen molar-refractivity contribution < 1.29 is 13.9 Å². The summed E-state index contributed by atoms with van der Waals surface area (Å²) in [5, 5.41) is 8.77. The van der Waals surface area contributed by atoms with Crippen molar-refractivity contribution in [3.63, 3.8) is 0 Å². The van der Waals surface area contributed by atoms with E-state index < -0.39 is 5.82 Å². The van der Waals surface area contributed by atoms with Gasteiger partial charge >= 0.3 is 0 Å². The molecule has 2 aromatic carbocycles. The molecule has 0 saturated heterocycles. The second kappa shape index (κ2) is 5.87. The molecule has 2 rings (SSSR count). The minimum absolute atomic E-state index is 0.250. The molecule has 0 atom stereocenters. The number of benzene rings is 2. The highest BCUT2D eigenvalue weighted by molar-refractivity contribution is 5.45. The number of ether oxygens (including phenoxy) is 2. The molecule has 19 heavy (non-hydrogen) atoms. The van der Waals surface area contributed by atoms with Crippen molar-refractivity contribution in [2.24, 2.45) is 0 Å². The van der Waals surface area contributed by atoms with Gasteiger partial charge in [-0.2, -0.15) is 5.26 Å². The zero-order valence-electron chi connectivity index (χ0n) is 10.4. The van der Waals surface area contributed by atoms with Gasteiger partial charge in [0, 0.05) is 11.6 Å². The lowest BCUT2D eigenvalue weighted by molar-refractivity contribution is 0.374. The van der Waals surface area contributed by atoms with Crippen LogP contribution in [0.1, 0.15) is 5.56 Å². The summed E-state index contributed by atoms with van der Waals surface area (Å²) in [6, 6.07) is 13.3. The minimum Gasteiger partial charge on any atom is -0.493 e. The number of nitrogens with zero attached hydrogens (tertiary/aromatic N) is 1. The smallest absolute Gasteiger partial charge is 0.169 e. The van der Waals surface area contributed by atoms with Crippen molar-refractivity contribution in [1.29, 1.82) is 5.26 Å². The van der Waals surface area contributed by atoms with Crippen LogP contribution in [0.25, 0.3) is 0 Å². The molecule has 0 aliphatic carbocycles. The summed E-state index contributed by atoms with van der Waals surface area (Å²) in [6.07, 6.45) is 0.250. The van der Waals surface area contributed by atoms with Crippen LogP contribution in [-0.2, 0) is 6.42 Å². The summed E-state index contributed by atoms with van der Waals surface area (Å²) in [5.74, 6) is 0.893. The van der Waals surface area contributed by atoms with Crippen LogP contribution in [0.5, 0.6) is 17.2 Å². The van der Waals surface area contributed by atoms with Crippen molar-refractivity contribution >= 4 is 0 Å². The van der Waals surface area contributed by atoms with Crippen LogP contribution in [0.2, 0.25) is 0 Å². The standard InChI is InChI=1S/C15H12FNO2/c1-18-15-10-12(16)6-7-14(15)19-13-5-3-2-4-11(13)8-9-17/h2-7,10H,8H2,1H3. The Labute approximate surface area is 110 Å². The van der Waals surface area contributed by atoms with Gasteiger partial charge in [0.1, 0.15) is 11.6 Å². The maximum Gasteiger partial charge on any atom is 0.169 e. The number of halogens is 1. The second-order valence-corrected chi connectivity index (χ2v) is 3.84. The molecular weight excluding hydrogens is 245 g/mol. The molecule has 2 aromatic rings. The Hall–Kier alpha value is -2.54. The fraction of sp³-hybridized carbons (Fsp3) is 0.133. The lowest BCUT2D eigenvalue weighted by Gasteiger charge is -2.12. The van der Waals surface area contributed by atoms with Crippen LogP contribution in [0.3, 0.4) is 0 Å². The molecule has 0 aromatic heterocycles. The van der Waals surface area contributed by atoms with E-state index in [9.17, 15) is 4.39 Å². The van der Waals surface area contributed by atoms with E-state index in [2.05, 4.69) is 6.07 Å². The summed E-state index contributed by atoms with van der Waals surface area (Å²) < 4.78 is 23.9. The highest BCUT2D eigenvalue weighted by atomic mass is 19.1. The Balaban J connectivity index is 2.34. The Bertz CT molecular complexity index is 616. The molecule has 0 aliphatic rings. The molecule has 0 bridgehead atoms. The van der Waals surface area contributed by atoms with E-state index in [0.717, 1.165) is 5.56 Å². The molecule has 0 spiro atoms. The van der Waals surface area contributed by atoms with E-state index in [1.807, 2.05) is 18.2 Å². The van der Waals surface area contributed by atoms with Gasteiger partial charge in [-0.3, -0.25) is 0 Å². The lowest BCUT2D eigenvalue weighted by atomic mass is 10.1. The van der Waals surface area contributed by atoms with Crippen molar-refractivity contribution in [3.05, 3.63) is 53.8 Å². The summed E-state index contributed by atoms with van der Waals surface area (Å²) >= 11 is 0. The summed E-state index contributed by atoms with van der Waals surface area (Å²) in [6.45, 7) is 0. The van der Waals surface area contributed by atoms with Crippen molar-refractivity contribution in [2.75, 3.05) is 7.11 Å². The number of hydrogen-bond acceptors (Lipinski definition) is 3. The highest BCUT2D eigenvalue weighted by Crippen LogP contribution is 2.33. The molecule has 0 heterocycles. The molecule has 3 nitrogen and oxygen atoms in total. The van der Waals surface area contributed by atoms with Gasteiger partial charge in [0.05, 0.1) is 19.6 Å². The molecule has 0 saturated carbocycles. The Morgan fingerprint density at radius 2 is 1.89 bits per heavy atom. The predicted octanol–water partition coefficient (Wildman–Crippen LogP) is 3.69. The van der Waals surface area contributed by atoms with Gasteiger partial charge in [0.25, 0.3) is 0 Å². The first-order chi connectivity index (χ1) is 9.24. The van der Waals surface area contributed by atoms with Gasteiger partial charge in [-0.05, 0) is 18.2 Å². The van der Waals surface area contributed by atoms with Gasteiger partial charge in [0.15, 0.2) is 11.5 Å². The van der Waals surface area contributed by atoms with E-state index in [4.69, 9.17) is 14.7 Å². The second-order valence-electron chi connectivity index (χ2n) is 3.84. The van der Waals surface area contributed by atoms with Crippen molar-refractivity contribution in [3.8, 4) is 23.3 Å². The summed E-state index contributed by atoms with van der Waals surface area (Å²) in [4.78, 5) is 0. The molecule has 0 unspecified atom stereocenters. The van der Waals surface area contributed by atoms with Gasteiger partial charge in [0.2, 0.25) is 0 Å². The Morgan fingerprint density at radius 3 is 2.63 bits per heavy atom. The summed E-state index contributed by atoms with van der Waals surface area (Å²) in [5.41, 5.74) is 0.774. The van der Waals surface area contributed by atoms with Crippen LogP contribution in [-0.4, -0.2) is 7.11 Å². The van der Waals surface area contributed by atoms with E-state index >= 15 is 0 Å². The molecule has 4 heteroatoms. The van der Waals surface area contributed by atoms with Crippen molar-refractivity contribution in [1.82, 2.24) is 0 Å².